The molecule has 1 aromatic rings. The van der Waals surface area contributed by atoms with E-state index in [0.717, 1.165) is 25.7 Å². The molecular weight excluding hydrogens is 348 g/mol. The topological polar surface area (TPSA) is 66.5 Å². The van der Waals surface area contributed by atoms with E-state index in [1.165, 1.54) is 35.4 Å². The van der Waals surface area contributed by atoms with Crippen LogP contribution < -0.4 is 5.32 Å². The fourth-order valence-corrected chi connectivity index (χ4v) is 5.65. The SMILES string of the molecule is CS(=O)(=O)N1CCCC[C@H]1C(=O)NCC1(c2ccccc2)CCCCC1. The Labute approximate surface area is 157 Å². The summed E-state index contributed by atoms with van der Waals surface area (Å²) >= 11 is 0. The Bertz CT molecular complexity index is 712. The van der Waals surface area contributed by atoms with Crippen LogP contribution in [0.1, 0.15) is 56.9 Å². The molecule has 3 rings (SSSR count). The first kappa shape index (κ1) is 19.4. The summed E-state index contributed by atoms with van der Waals surface area (Å²) in [7, 11) is -3.36. The van der Waals surface area contributed by atoms with Gasteiger partial charge >= 0.3 is 0 Å². The van der Waals surface area contributed by atoms with Gasteiger partial charge in [-0.1, -0.05) is 56.0 Å². The zero-order chi connectivity index (χ0) is 18.6. The van der Waals surface area contributed by atoms with Crippen LogP contribution in [0.3, 0.4) is 0 Å². The summed E-state index contributed by atoms with van der Waals surface area (Å²) in [6.45, 7) is 1.03. The normalized spacial score (nSPS) is 24.1. The Hall–Kier alpha value is -1.40. The molecule has 1 heterocycles. The zero-order valence-electron chi connectivity index (χ0n) is 15.6. The van der Waals surface area contributed by atoms with Gasteiger partial charge < -0.3 is 5.32 Å². The van der Waals surface area contributed by atoms with E-state index in [2.05, 4.69) is 29.6 Å². The van der Waals surface area contributed by atoms with Crippen molar-refractivity contribution in [3.63, 3.8) is 0 Å². The highest BCUT2D eigenvalue weighted by Crippen LogP contribution is 2.39. The van der Waals surface area contributed by atoms with Gasteiger partial charge in [0, 0.05) is 18.5 Å². The molecule has 26 heavy (non-hydrogen) atoms. The second-order valence-corrected chi connectivity index (χ2v) is 9.75. The molecule has 1 aromatic carbocycles. The minimum Gasteiger partial charge on any atom is -0.354 e. The minimum atomic E-state index is -3.36. The van der Waals surface area contributed by atoms with Gasteiger partial charge in [-0.15, -0.1) is 0 Å². The summed E-state index contributed by atoms with van der Waals surface area (Å²) in [5, 5.41) is 3.12. The Morgan fingerprint density at radius 1 is 1.12 bits per heavy atom. The summed E-state index contributed by atoms with van der Waals surface area (Å²) in [5.74, 6) is -0.143. The van der Waals surface area contributed by atoms with Crippen LogP contribution in [0.5, 0.6) is 0 Å². The molecule has 144 valence electrons. The lowest BCUT2D eigenvalue weighted by molar-refractivity contribution is -0.126. The first-order chi connectivity index (χ1) is 12.4. The number of hydrogen-bond acceptors (Lipinski definition) is 3. The molecule has 6 heteroatoms. The van der Waals surface area contributed by atoms with Crippen LogP contribution in [-0.2, 0) is 20.2 Å². The van der Waals surface area contributed by atoms with Crippen LogP contribution in [0.2, 0.25) is 0 Å². The molecule has 1 aliphatic carbocycles. The van der Waals surface area contributed by atoms with Crippen molar-refractivity contribution in [2.24, 2.45) is 0 Å². The van der Waals surface area contributed by atoms with Crippen molar-refractivity contribution in [1.29, 1.82) is 0 Å². The molecule has 2 fully saturated rings. The molecule has 1 N–H and O–H groups in total. The molecule has 0 unspecified atom stereocenters. The van der Waals surface area contributed by atoms with Crippen LogP contribution in [0, 0.1) is 0 Å². The Morgan fingerprint density at radius 3 is 2.46 bits per heavy atom. The number of sulfonamides is 1. The molecule has 1 saturated carbocycles. The number of rotatable bonds is 5. The number of benzene rings is 1. The molecule has 1 atom stereocenters. The van der Waals surface area contributed by atoms with E-state index < -0.39 is 16.1 Å². The Morgan fingerprint density at radius 2 is 1.81 bits per heavy atom. The maximum Gasteiger partial charge on any atom is 0.238 e. The van der Waals surface area contributed by atoms with Crippen molar-refractivity contribution in [2.45, 2.75) is 62.8 Å². The maximum absolute atomic E-state index is 12.9. The van der Waals surface area contributed by atoms with Crippen LogP contribution >= 0.6 is 0 Å². The van der Waals surface area contributed by atoms with Crippen LogP contribution in [0.4, 0.5) is 0 Å². The lowest BCUT2D eigenvalue weighted by atomic mass is 9.69. The summed E-state index contributed by atoms with van der Waals surface area (Å²) in [5.41, 5.74) is 1.25. The van der Waals surface area contributed by atoms with Gasteiger partial charge in [0.15, 0.2) is 0 Å². The second-order valence-electron chi connectivity index (χ2n) is 7.81. The van der Waals surface area contributed by atoms with Crippen LogP contribution in [0.25, 0.3) is 0 Å². The largest absolute Gasteiger partial charge is 0.354 e. The molecule has 0 spiro atoms. The summed E-state index contributed by atoms with van der Waals surface area (Å²) in [6, 6.07) is 9.88. The lowest BCUT2D eigenvalue weighted by Gasteiger charge is -2.39. The molecule has 1 aliphatic heterocycles. The number of amides is 1. The first-order valence-electron chi connectivity index (χ1n) is 9.72. The van der Waals surface area contributed by atoms with Crippen molar-refractivity contribution in [3.8, 4) is 0 Å². The van der Waals surface area contributed by atoms with Crippen LogP contribution in [-0.4, -0.2) is 44.0 Å². The Balaban J connectivity index is 1.73. The van der Waals surface area contributed by atoms with Crippen LogP contribution in [0.15, 0.2) is 30.3 Å². The molecule has 2 aliphatic rings. The fraction of sp³-hybridized carbons (Fsp3) is 0.650. The van der Waals surface area contributed by atoms with Gasteiger partial charge in [-0.3, -0.25) is 4.79 Å². The third kappa shape index (κ3) is 4.29. The number of nitrogens with zero attached hydrogens (tertiary/aromatic N) is 1. The van der Waals surface area contributed by atoms with Gasteiger partial charge in [0.25, 0.3) is 0 Å². The minimum absolute atomic E-state index is 0.0280. The van der Waals surface area contributed by atoms with Gasteiger partial charge in [0.05, 0.1) is 6.26 Å². The summed E-state index contributed by atoms with van der Waals surface area (Å²) in [6.07, 6.45) is 9.25. The lowest BCUT2D eigenvalue weighted by Crippen LogP contribution is -2.53. The number of carbonyl (C=O) groups excluding carboxylic acids is 1. The van der Waals surface area contributed by atoms with E-state index in [1.807, 2.05) is 6.07 Å². The fourth-order valence-electron chi connectivity index (χ4n) is 4.53. The van der Waals surface area contributed by atoms with Crippen molar-refractivity contribution in [3.05, 3.63) is 35.9 Å². The standard InChI is InChI=1S/C20H30N2O3S/c1-26(24,25)22-15-9-6-12-18(22)19(23)21-16-20(13-7-3-8-14-20)17-10-4-2-5-11-17/h2,4-5,10-11,18H,3,6-9,12-16H2,1H3,(H,21,23)/t18-/m0/s1. The number of nitrogens with one attached hydrogen (secondary N) is 1. The highest BCUT2D eigenvalue weighted by atomic mass is 32.2. The molecule has 0 bridgehead atoms. The average molecular weight is 379 g/mol. The van der Waals surface area contributed by atoms with Gasteiger partial charge in [0.2, 0.25) is 15.9 Å². The second kappa shape index (κ2) is 8.09. The van der Waals surface area contributed by atoms with Gasteiger partial charge in [-0.2, -0.15) is 4.31 Å². The van der Waals surface area contributed by atoms with Crippen molar-refractivity contribution < 1.29 is 13.2 Å². The number of carbonyl (C=O) groups is 1. The van der Waals surface area contributed by atoms with E-state index in [9.17, 15) is 13.2 Å². The number of piperidine rings is 1. The van der Waals surface area contributed by atoms with Gasteiger partial charge in [-0.25, -0.2) is 8.42 Å². The highest BCUT2D eigenvalue weighted by Gasteiger charge is 2.37. The van der Waals surface area contributed by atoms with Gasteiger partial charge in [0.1, 0.15) is 6.04 Å². The summed E-state index contributed by atoms with van der Waals surface area (Å²) < 4.78 is 25.5. The molecule has 1 amide bonds. The quantitative estimate of drug-likeness (QED) is 0.857. The molecular formula is C20H30N2O3S. The van der Waals surface area contributed by atoms with E-state index in [4.69, 9.17) is 0 Å². The predicted octanol–water partition coefficient (Wildman–Crippen LogP) is 2.82. The molecule has 0 radical (unpaired) electrons. The molecule has 5 nitrogen and oxygen atoms in total. The average Bonchev–Trinajstić information content (AvgIpc) is 2.67. The summed E-state index contributed by atoms with van der Waals surface area (Å²) in [4.78, 5) is 12.9. The van der Waals surface area contributed by atoms with E-state index >= 15 is 0 Å². The predicted molar refractivity (Wildman–Crippen MR) is 103 cm³/mol. The van der Waals surface area contributed by atoms with E-state index in [-0.39, 0.29) is 11.3 Å². The smallest absolute Gasteiger partial charge is 0.238 e. The monoisotopic (exact) mass is 378 g/mol. The number of hydrogen-bond donors (Lipinski definition) is 1. The highest BCUT2D eigenvalue weighted by molar-refractivity contribution is 7.88. The zero-order valence-corrected chi connectivity index (χ0v) is 16.4. The first-order valence-corrected chi connectivity index (χ1v) is 11.6. The van der Waals surface area contributed by atoms with Crippen molar-refractivity contribution >= 4 is 15.9 Å². The third-order valence-corrected chi connectivity index (χ3v) is 7.27. The molecule has 1 saturated heterocycles. The molecule has 0 aromatic heterocycles. The van der Waals surface area contributed by atoms with E-state index in [0.29, 0.717) is 19.5 Å². The maximum atomic E-state index is 12.9. The van der Waals surface area contributed by atoms with Crippen molar-refractivity contribution in [2.75, 3.05) is 19.3 Å². The third-order valence-electron chi connectivity index (χ3n) is 5.98. The Kier molecular flexibility index (Phi) is 6.03. The van der Waals surface area contributed by atoms with Gasteiger partial charge in [-0.05, 0) is 31.2 Å². The van der Waals surface area contributed by atoms with Crippen molar-refractivity contribution in [1.82, 2.24) is 9.62 Å². The van der Waals surface area contributed by atoms with E-state index in [1.54, 1.807) is 0 Å².